The molecule has 5 atom stereocenters. The van der Waals surface area contributed by atoms with Crippen LogP contribution in [-0.4, -0.2) is 73.6 Å². The van der Waals surface area contributed by atoms with Crippen LogP contribution in [0.15, 0.2) is 66.2 Å². The molecule has 2 aliphatic heterocycles. The Morgan fingerprint density at radius 2 is 1.75 bits per heavy atom. The van der Waals surface area contributed by atoms with E-state index in [-0.39, 0.29) is 25.3 Å². The molecule has 0 amide bonds. The fourth-order valence-electron chi connectivity index (χ4n) is 7.89. The number of hydrogen-bond acceptors (Lipinski definition) is 9. The molecule has 7 rings (SSSR count). The van der Waals surface area contributed by atoms with Crippen molar-refractivity contribution in [3.05, 3.63) is 110 Å². The predicted octanol–water partition coefficient (Wildman–Crippen LogP) is 8.22. The van der Waals surface area contributed by atoms with E-state index >= 15 is 0 Å². The SMILES string of the molecule is [2H]C([2H])([2H])C([2H])([2H])C([2H])(n1ncn(-c2ccc(N3CCN(c4ccc(OC[C@H]5O[C@](Cn6cncn6)(c6c(Cl)cc(Cl)c(C)c6C)OC5C)c(C)c4)C(C)C3)c(C)c2)c1=O)C([2H])(C)C. The van der Waals surface area contributed by atoms with Gasteiger partial charge in [0, 0.05) is 55.9 Å². The summed E-state index contributed by atoms with van der Waals surface area (Å²) in [6, 6.07) is 10.6. The van der Waals surface area contributed by atoms with Gasteiger partial charge in [0.25, 0.3) is 0 Å². The molecule has 2 aromatic heterocycles. The Morgan fingerprint density at radius 3 is 2.44 bits per heavy atom. The first-order valence-electron chi connectivity index (χ1n) is 22.5. The number of piperazine rings is 1. The van der Waals surface area contributed by atoms with Crippen LogP contribution >= 0.6 is 23.2 Å². The molecule has 0 radical (unpaired) electrons. The average Bonchev–Trinajstić information content (AvgIpc) is 3.94. The molecule has 2 fully saturated rings. The van der Waals surface area contributed by atoms with Gasteiger partial charge >= 0.3 is 5.69 Å². The minimum Gasteiger partial charge on any atom is -0.490 e. The van der Waals surface area contributed by atoms with Crippen molar-refractivity contribution in [3.63, 3.8) is 0 Å². The molecule has 12 nitrogen and oxygen atoms in total. The van der Waals surface area contributed by atoms with Crippen LogP contribution in [0.5, 0.6) is 5.75 Å². The van der Waals surface area contributed by atoms with Crippen LogP contribution in [0.1, 0.15) is 84.4 Å². The second-order valence-electron chi connectivity index (χ2n) is 15.2. The maximum atomic E-state index is 13.7. The smallest absolute Gasteiger partial charge is 0.350 e. The van der Waals surface area contributed by atoms with Gasteiger partial charge in [-0.25, -0.2) is 23.7 Å². The summed E-state index contributed by atoms with van der Waals surface area (Å²) in [6.07, 6.45) is 0.113. The highest BCUT2D eigenvalue weighted by molar-refractivity contribution is 6.35. The highest BCUT2D eigenvalue weighted by atomic mass is 35.5. The quantitative estimate of drug-likeness (QED) is 0.123. The Morgan fingerprint density at radius 1 is 0.982 bits per heavy atom. The summed E-state index contributed by atoms with van der Waals surface area (Å²) in [5.41, 5.74) is 5.79. The molecule has 0 bridgehead atoms. The predicted molar refractivity (Wildman–Crippen MR) is 225 cm³/mol. The summed E-state index contributed by atoms with van der Waals surface area (Å²) in [5, 5.41) is 9.31. The van der Waals surface area contributed by atoms with Gasteiger partial charge < -0.3 is 24.0 Å². The van der Waals surface area contributed by atoms with Crippen molar-refractivity contribution in [3.8, 4) is 11.4 Å². The van der Waals surface area contributed by atoms with Gasteiger partial charge in [-0.05, 0) is 119 Å². The zero-order valence-corrected chi connectivity index (χ0v) is 35.0. The lowest BCUT2D eigenvalue weighted by Gasteiger charge is -2.43. The second kappa shape index (κ2) is 16.5. The summed E-state index contributed by atoms with van der Waals surface area (Å²) < 4.78 is 80.8. The third-order valence-corrected chi connectivity index (χ3v) is 11.7. The van der Waals surface area contributed by atoms with Crippen LogP contribution in [0.2, 0.25) is 10.0 Å². The van der Waals surface area contributed by atoms with Crippen molar-refractivity contribution >= 4 is 34.6 Å². The minimum atomic E-state index is -3.31. The van der Waals surface area contributed by atoms with Gasteiger partial charge in [-0.2, -0.15) is 10.2 Å². The molecule has 3 aromatic carbocycles. The van der Waals surface area contributed by atoms with E-state index in [9.17, 15) is 4.79 Å². The molecule has 0 saturated carbocycles. The molecule has 0 aliphatic carbocycles. The number of hydrogen-bond donors (Lipinski definition) is 0. The molecule has 0 N–H and O–H groups in total. The average molecular weight is 825 g/mol. The van der Waals surface area contributed by atoms with Crippen LogP contribution < -0.4 is 20.2 Å². The van der Waals surface area contributed by atoms with Crippen LogP contribution in [0.25, 0.3) is 5.69 Å². The van der Waals surface area contributed by atoms with Gasteiger partial charge in [-0.15, -0.1) is 0 Å². The third-order valence-electron chi connectivity index (χ3n) is 11.0. The topological polar surface area (TPSA) is 105 Å². The standard InChI is InChI=1S/C43H54Cl2N8O4/c1-10-37(26(2)3)53-42(54)52(25-48-53)34-11-13-38(27(4)17-34)49-15-16-51(29(6)20-49)33-12-14-39(28(5)18-33)55-21-40-32(9)56-43(57-40,22-50-24-46-23-47-50)41-31(8)30(7)35(44)19-36(41)45/h11-14,17-19,23-26,29,32,37,40H,10,15-16,20-22H2,1-9H3/t29?,32?,37?,40-,43-/m1/s1/i1D3,10D2,26D,37D. The van der Waals surface area contributed by atoms with Crippen molar-refractivity contribution in [2.24, 2.45) is 5.89 Å². The number of benzene rings is 3. The highest BCUT2D eigenvalue weighted by Gasteiger charge is 2.50. The maximum absolute atomic E-state index is 13.7. The third kappa shape index (κ3) is 7.93. The molecule has 57 heavy (non-hydrogen) atoms. The summed E-state index contributed by atoms with van der Waals surface area (Å²) in [6.45, 7) is 13.6. The van der Waals surface area contributed by atoms with Crippen molar-refractivity contribution in [1.29, 1.82) is 0 Å². The molecular formula is C43H54Cl2N8O4. The number of aromatic nitrogens is 6. The summed E-state index contributed by atoms with van der Waals surface area (Å²) >= 11 is 13.3. The molecule has 0 spiro atoms. The lowest BCUT2D eigenvalue weighted by Crippen LogP contribution is -2.52. The number of ether oxygens (including phenoxy) is 3. The van der Waals surface area contributed by atoms with Crippen molar-refractivity contribution in [2.45, 2.75) is 105 Å². The van der Waals surface area contributed by atoms with Crippen molar-refractivity contribution in [2.75, 3.05) is 36.0 Å². The van der Waals surface area contributed by atoms with Gasteiger partial charge in [0.05, 0.1) is 24.2 Å². The largest absolute Gasteiger partial charge is 0.490 e. The monoisotopic (exact) mass is 823 g/mol. The second-order valence-corrected chi connectivity index (χ2v) is 16.0. The molecule has 14 heteroatoms. The number of anilines is 2. The maximum Gasteiger partial charge on any atom is 0.350 e. The van der Waals surface area contributed by atoms with Gasteiger partial charge in [0.1, 0.15) is 44.0 Å². The van der Waals surface area contributed by atoms with E-state index < -0.39 is 42.7 Å². The molecule has 4 heterocycles. The first-order valence-corrected chi connectivity index (χ1v) is 19.7. The van der Waals surface area contributed by atoms with E-state index in [0.717, 1.165) is 56.8 Å². The van der Waals surface area contributed by atoms with Crippen LogP contribution in [0, 0.1) is 33.6 Å². The first kappa shape index (κ1) is 32.6. The number of rotatable bonds is 12. The Hall–Kier alpha value is -4.36. The summed E-state index contributed by atoms with van der Waals surface area (Å²) in [7, 11) is 0. The van der Waals surface area contributed by atoms with Crippen LogP contribution in [0.4, 0.5) is 11.4 Å². The zero-order chi connectivity index (χ0) is 46.9. The fourth-order valence-corrected chi connectivity index (χ4v) is 8.59. The summed E-state index contributed by atoms with van der Waals surface area (Å²) in [4.78, 5) is 22.5. The van der Waals surface area contributed by atoms with E-state index in [4.69, 9.17) is 47.0 Å². The first-order chi connectivity index (χ1) is 29.8. The fraction of sp³-hybridized carbons (Fsp3) is 0.488. The van der Waals surface area contributed by atoms with E-state index in [1.807, 2.05) is 46.8 Å². The van der Waals surface area contributed by atoms with Crippen LogP contribution in [-0.2, 0) is 21.8 Å². The molecule has 3 unspecified atom stereocenters. The number of nitrogens with zero attached hydrogens (tertiary/aromatic N) is 8. The molecule has 304 valence electrons. The molecular weight excluding hydrogens is 763 g/mol. The lowest BCUT2D eigenvalue weighted by molar-refractivity contribution is -0.196. The molecule has 2 aliphatic rings. The van der Waals surface area contributed by atoms with E-state index in [2.05, 4.69) is 44.0 Å². The van der Waals surface area contributed by atoms with Gasteiger partial charge in [0.15, 0.2) is 0 Å². The minimum absolute atomic E-state index is 0.126. The highest BCUT2D eigenvalue weighted by Crippen LogP contribution is 2.46. The normalized spacial score (nSPS) is 24.8. The van der Waals surface area contributed by atoms with Gasteiger partial charge in [0.2, 0.25) is 5.79 Å². The zero-order valence-electron chi connectivity index (χ0n) is 40.5. The Labute approximate surface area is 355 Å². The van der Waals surface area contributed by atoms with Crippen molar-refractivity contribution in [1.82, 2.24) is 29.1 Å². The van der Waals surface area contributed by atoms with Gasteiger partial charge in [-0.1, -0.05) is 43.9 Å². The van der Waals surface area contributed by atoms with Crippen LogP contribution in [0.3, 0.4) is 0 Å². The van der Waals surface area contributed by atoms with E-state index in [1.165, 1.54) is 20.2 Å². The Bertz CT molecular complexity index is 2580. The van der Waals surface area contributed by atoms with E-state index in [1.54, 1.807) is 29.2 Å². The number of aryl methyl sites for hydroxylation is 2. The Kier molecular flexibility index (Phi) is 9.42. The summed E-state index contributed by atoms with van der Waals surface area (Å²) in [5.74, 6) is -2.60. The van der Waals surface area contributed by atoms with E-state index in [0.29, 0.717) is 39.1 Å². The molecule has 2 saturated heterocycles. The molecule has 5 aromatic rings. The van der Waals surface area contributed by atoms with Gasteiger partial charge in [-0.3, -0.25) is 0 Å². The Balaban J connectivity index is 1.03. The number of halogens is 2. The lowest BCUT2D eigenvalue weighted by atomic mass is 9.96. The van der Waals surface area contributed by atoms with Crippen molar-refractivity contribution < 1.29 is 23.8 Å².